The normalized spacial score (nSPS) is 11.8. The quantitative estimate of drug-likeness (QED) is 0.201. The minimum atomic E-state index is 0.618. The molecule has 0 aliphatic carbocycles. The standard InChI is InChI=1S/C43H27N3O/c1-2-10-31(11-3-1)45-40-17-9-6-14-35(40)36-26-30(22-24-41(36)45)28-18-20-29(21-19-28)43-44-37-27-32(23-25-42(37)47-43)46-38-15-7-4-12-33(38)34-13-5-8-16-39(34)46/h1-27H. The van der Waals surface area contributed by atoms with Crippen molar-refractivity contribution in [3.05, 3.63) is 164 Å². The van der Waals surface area contributed by atoms with Gasteiger partial charge < -0.3 is 13.6 Å². The molecule has 220 valence electrons. The summed E-state index contributed by atoms with van der Waals surface area (Å²) in [6.45, 7) is 0. The van der Waals surface area contributed by atoms with Crippen LogP contribution in [0.5, 0.6) is 0 Å². The van der Waals surface area contributed by atoms with Crippen LogP contribution in [0, 0.1) is 0 Å². The molecule has 0 N–H and O–H groups in total. The summed E-state index contributed by atoms with van der Waals surface area (Å²) in [6.07, 6.45) is 0. The van der Waals surface area contributed by atoms with Crippen molar-refractivity contribution in [1.29, 1.82) is 0 Å². The van der Waals surface area contributed by atoms with Crippen LogP contribution >= 0.6 is 0 Å². The van der Waals surface area contributed by atoms with E-state index in [1.54, 1.807) is 0 Å². The monoisotopic (exact) mass is 601 g/mol. The average Bonchev–Trinajstić information content (AvgIpc) is 3.82. The van der Waals surface area contributed by atoms with Crippen molar-refractivity contribution in [2.24, 2.45) is 0 Å². The Morgan fingerprint density at radius 3 is 1.60 bits per heavy atom. The number of oxazole rings is 1. The first-order valence-corrected chi connectivity index (χ1v) is 15.9. The highest BCUT2D eigenvalue weighted by Gasteiger charge is 2.16. The van der Waals surface area contributed by atoms with Crippen molar-refractivity contribution in [2.45, 2.75) is 0 Å². The zero-order valence-corrected chi connectivity index (χ0v) is 25.3. The van der Waals surface area contributed by atoms with Crippen LogP contribution in [0.15, 0.2) is 168 Å². The fraction of sp³-hybridized carbons (Fsp3) is 0. The Morgan fingerprint density at radius 1 is 0.383 bits per heavy atom. The molecule has 0 aliphatic rings. The van der Waals surface area contributed by atoms with Gasteiger partial charge >= 0.3 is 0 Å². The smallest absolute Gasteiger partial charge is 0.227 e. The minimum absolute atomic E-state index is 0.618. The first-order valence-electron chi connectivity index (χ1n) is 15.9. The molecule has 3 heterocycles. The summed E-state index contributed by atoms with van der Waals surface area (Å²) in [5.41, 5.74) is 11.9. The number of hydrogen-bond donors (Lipinski definition) is 0. The van der Waals surface area contributed by atoms with Crippen LogP contribution in [0.3, 0.4) is 0 Å². The SMILES string of the molecule is c1ccc(-n2c3ccccc3c3cc(-c4ccc(-c5nc6cc(-n7c8ccccc8c8ccccc87)ccc6o5)cc4)ccc32)cc1. The molecular formula is C43H27N3O. The van der Waals surface area contributed by atoms with Gasteiger partial charge in [-0.3, -0.25) is 0 Å². The molecule has 0 unspecified atom stereocenters. The van der Waals surface area contributed by atoms with E-state index in [0.717, 1.165) is 33.6 Å². The van der Waals surface area contributed by atoms with Gasteiger partial charge in [0.1, 0.15) is 5.52 Å². The lowest BCUT2D eigenvalue weighted by Crippen LogP contribution is -1.93. The number of rotatable bonds is 4. The lowest BCUT2D eigenvalue weighted by Gasteiger charge is -2.08. The third kappa shape index (κ3) is 3.98. The maximum absolute atomic E-state index is 6.27. The maximum Gasteiger partial charge on any atom is 0.227 e. The van der Waals surface area contributed by atoms with Crippen LogP contribution in [0.4, 0.5) is 0 Å². The third-order valence-corrected chi connectivity index (χ3v) is 9.36. The summed E-state index contributed by atoms with van der Waals surface area (Å²) in [4.78, 5) is 4.94. The first-order chi connectivity index (χ1) is 23.3. The number of nitrogens with zero attached hydrogens (tertiary/aromatic N) is 3. The molecule has 7 aromatic carbocycles. The van der Waals surface area contributed by atoms with E-state index >= 15 is 0 Å². The van der Waals surface area contributed by atoms with Crippen LogP contribution in [-0.4, -0.2) is 14.1 Å². The first kappa shape index (κ1) is 25.9. The van der Waals surface area contributed by atoms with E-state index in [0.29, 0.717) is 5.89 Å². The van der Waals surface area contributed by atoms with Crippen molar-refractivity contribution in [2.75, 3.05) is 0 Å². The Morgan fingerprint density at radius 2 is 0.915 bits per heavy atom. The molecule has 10 aromatic rings. The third-order valence-electron chi connectivity index (χ3n) is 9.36. The molecule has 3 aromatic heterocycles. The molecule has 10 rings (SSSR count). The molecule has 0 spiro atoms. The molecule has 4 heteroatoms. The number of aromatic nitrogens is 3. The molecule has 0 atom stereocenters. The highest BCUT2D eigenvalue weighted by Crippen LogP contribution is 2.36. The Bertz CT molecular complexity index is 2730. The largest absolute Gasteiger partial charge is 0.436 e. The van der Waals surface area contributed by atoms with Gasteiger partial charge in [-0.25, -0.2) is 4.98 Å². The van der Waals surface area contributed by atoms with E-state index in [1.807, 2.05) is 6.07 Å². The molecule has 0 bridgehead atoms. The van der Waals surface area contributed by atoms with Crippen molar-refractivity contribution in [3.8, 4) is 34.0 Å². The summed E-state index contributed by atoms with van der Waals surface area (Å²) >= 11 is 0. The van der Waals surface area contributed by atoms with Gasteiger partial charge in [0.25, 0.3) is 0 Å². The number of para-hydroxylation sites is 4. The number of fused-ring (bicyclic) bond motifs is 7. The molecule has 4 nitrogen and oxygen atoms in total. The van der Waals surface area contributed by atoms with Gasteiger partial charge in [-0.1, -0.05) is 91.0 Å². The van der Waals surface area contributed by atoms with Gasteiger partial charge in [-0.05, 0) is 83.9 Å². The van der Waals surface area contributed by atoms with E-state index < -0.39 is 0 Å². The predicted octanol–water partition coefficient (Wildman–Crippen LogP) is 11.4. The Balaban J connectivity index is 1.02. The van der Waals surface area contributed by atoms with Crippen LogP contribution < -0.4 is 0 Å². The highest BCUT2D eigenvalue weighted by molar-refractivity contribution is 6.11. The molecular weight excluding hydrogens is 574 g/mol. The second-order valence-electron chi connectivity index (χ2n) is 12.0. The van der Waals surface area contributed by atoms with Gasteiger partial charge in [0.05, 0.1) is 22.1 Å². The van der Waals surface area contributed by atoms with Crippen molar-refractivity contribution >= 4 is 54.7 Å². The summed E-state index contributed by atoms with van der Waals surface area (Å²) in [7, 11) is 0. The summed E-state index contributed by atoms with van der Waals surface area (Å²) in [5.74, 6) is 0.618. The molecule has 0 saturated carbocycles. The van der Waals surface area contributed by atoms with Crippen molar-refractivity contribution in [1.82, 2.24) is 14.1 Å². The Hall–Kier alpha value is -6.39. The van der Waals surface area contributed by atoms with Crippen LogP contribution in [-0.2, 0) is 0 Å². The van der Waals surface area contributed by atoms with E-state index in [1.165, 1.54) is 49.2 Å². The van der Waals surface area contributed by atoms with Crippen LogP contribution in [0.1, 0.15) is 0 Å². The van der Waals surface area contributed by atoms with E-state index in [9.17, 15) is 0 Å². The Labute approximate surface area is 270 Å². The molecule has 0 amide bonds. The lowest BCUT2D eigenvalue weighted by atomic mass is 10.0. The van der Waals surface area contributed by atoms with Crippen LogP contribution in [0.25, 0.3) is 88.7 Å². The molecule has 0 radical (unpaired) electrons. The van der Waals surface area contributed by atoms with Gasteiger partial charge in [-0.2, -0.15) is 0 Å². The molecule has 47 heavy (non-hydrogen) atoms. The lowest BCUT2D eigenvalue weighted by molar-refractivity contribution is 0.620. The maximum atomic E-state index is 6.27. The van der Waals surface area contributed by atoms with Gasteiger partial charge in [0, 0.05) is 38.5 Å². The topological polar surface area (TPSA) is 35.9 Å². The fourth-order valence-electron chi connectivity index (χ4n) is 7.19. The summed E-state index contributed by atoms with van der Waals surface area (Å²) in [6, 6.07) is 57.8. The van der Waals surface area contributed by atoms with Crippen molar-refractivity contribution in [3.63, 3.8) is 0 Å². The van der Waals surface area contributed by atoms with E-state index in [-0.39, 0.29) is 0 Å². The highest BCUT2D eigenvalue weighted by atomic mass is 16.3. The van der Waals surface area contributed by atoms with Gasteiger partial charge in [0.15, 0.2) is 5.58 Å². The van der Waals surface area contributed by atoms with E-state index in [4.69, 9.17) is 9.40 Å². The molecule has 0 saturated heterocycles. The second-order valence-corrected chi connectivity index (χ2v) is 12.0. The second kappa shape index (κ2) is 10.1. The van der Waals surface area contributed by atoms with E-state index in [2.05, 4.69) is 167 Å². The predicted molar refractivity (Wildman–Crippen MR) is 194 cm³/mol. The zero-order chi connectivity index (χ0) is 30.9. The molecule has 0 aliphatic heterocycles. The number of hydrogen-bond acceptors (Lipinski definition) is 2. The Kier molecular flexibility index (Phi) is 5.54. The summed E-state index contributed by atoms with van der Waals surface area (Å²) in [5, 5.41) is 4.97. The average molecular weight is 602 g/mol. The van der Waals surface area contributed by atoms with Crippen molar-refractivity contribution < 1.29 is 4.42 Å². The number of benzene rings is 7. The summed E-state index contributed by atoms with van der Waals surface area (Å²) < 4.78 is 10.9. The fourth-order valence-corrected chi connectivity index (χ4v) is 7.19. The van der Waals surface area contributed by atoms with Gasteiger partial charge in [0.2, 0.25) is 5.89 Å². The zero-order valence-electron chi connectivity index (χ0n) is 25.3. The minimum Gasteiger partial charge on any atom is -0.436 e. The van der Waals surface area contributed by atoms with Crippen LogP contribution in [0.2, 0.25) is 0 Å². The van der Waals surface area contributed by atoms with Gasteiger partial charge in [-0.15, -0.1) is 0 Å². The molecule has 0 fully saturated rings.